The van der Waals surface area contributed by atoms with Crippen LogP contribution in [0.3, 0.4) is 0 Å². The Morgan fingerprint density at radius 3 is 2.12 bits per heavy atom. The molecule has 0 aromatic heterocycles. The summed E-state index contributed by atoms with van der Waals surface area (Å²) < 4.78 is 0. The topological polar surface area (TPSA) is 26.8 Å². The summed E-state index contributed by atoms with van der Waals surface area (Å²) in [5.74, 6) is 2.84. The van der Waals surface area contributed by atoms with E-state index in [4.69, 9.17) is 0 Å². The fourth-order valence-corrected chi connectivity index (χ4v) is 4.48. The van der Waals surface area contributed by atoms with Gasteiger partial charge in [-0.1, -0.05) is 34.6 Å². The second kappa shape index (κ2) is 9.54. The fraction of sp³-hybridized carbons (Fsp3) is 0.955. The van der Waals surface area contributed by atoms with Crippen molar-refractivity contribution in [1.82, 2.24) is 14.7 Å². The Morgan fingerprint density at radius 1 is 1.04 bits per heavy atom. The molecule has 0 spiro atoms. The first-order chi connectivity index (χ1) is 12.2. The lowest BCUT2D eigenvalue weighted by atomic mass is 9.87. The molecule has 2 aliphatic rings. The van der Waals surface area contributed by atoms with Crippen molar-refractivity contribution < 1.29 is 4.79 Å². The third-order valence-electron chi connectivity index (χ3n) is 6.49. The smallest absolute Gasteiger partial charge is 0.227 e. The van der Waals surface area contributed by atoms with Gasteiger partial charge in [0.25, 0.3) is 0 Å². The van der Waals surface area contributed by atoms with Crippen LogP contribution < -0.4 is 0 Å². The maximum atomic E-state index is 12.4. The van der Waals surface area contributed by atoms with Gasteiger partial charge in [-0.2, -0.15) is 0 Å². The van der Waals surface area contributed by atoms with E-state index in [1.807, 2.05) is 20.8 Å². The van der Waals surface area contributed by atoms with Crippen LogP contribution >= 0.6 is 0 Å². The molecule has 1 amide bonds. The summed E-state index contributed by atoms with van der Waals surface area (Å²) in [5, 5.41) is 0. The Kier molecular flexibility index (Phi) is 7.96. The van der Waals surface area contributed by atoms with Crippen LogP contribution in [-0.4, -0.2) is 73.5 Å². The molecule has 4 heteroatoms. The van der Waals surface area contributed by atoms with E-state index in [0.717, 1.165) is 43.7 Å². The lowest BCUT2D eigenvalue weighted by Crippen LogP contribution is -2.46. The second-order valence-corrected chi connectivity index (χ2v) is 10.2. The third kappa shape index (κ3) is 6.53. The van der Waals surface area contributed by atoms with Crippen molar-refractivity contribution in [2.45, 2.75) is 60.3 Å². The molecule has 2 saturated heterocycles. The SMILES string of the molecule is CC(C)C1CCN(CCN(C)CC2CCN(C(=O)C(C)(C)C)CC2)CC1. The van der Waals surface area contributed by atoms with Crippen molar-refractivity contribution in [3.8, 4) is 0 Å². The minimum absolute atomic E-state index is 0.243. The molecule has 2 rings (SSSR count). The number of rotatable bonds is 6. The molecular formula is C22H43N3O. The largest absolute Gasteiger partial charge is 0.342 e. The lowest BCUT2D eigenvalue weighted by Gasteiger charge is -2.37. The first kappa shape index (κ1) is 21.7. The predicted molar refractivity (Wildman–Crippen MR) is 110 cm³/mol. The van der Waals surface area contributed by atoms with Crippen LogP contribution in [0.2, 0.25) is 0 Å². The van der Waals surface area contributed by atoms with Crippen molar-refractivity contribution in [2.75, 3.05) is 52.9 Å². The van der Waals surface area contributed by atoms with Crippen LogP contribution in [-0.2, 0) is 4.79 Å². The Bertz CT molecular complexity index is 427. The highest BCUT2D eigenvalue weighted by molar-refractivity contribution is 5.81. The molecule has 2 fully saturated rings. The first-order valence-electron chi connectivity index (χ1n) is 10.9. The summed E-state index contributed by atoms with van der Waals surface area (Å²) in [7, 11) is 2.27. The molecule has 0 aliphatic carbocycles. The maximum Gasteiger partial charge on any atom is 0.227 e. The van der Waals surface area contributed by atoms with E-state index in [-0.39, 0.29) is 5.41 Å². The Morgan fingerprint density at radius 2 is 1.62 bits per heavy atom. The van der Waals surface area contributed by atoms with Gasteiger partial charge in [-0.3, -0.25) is 4.79 Å². The van der Waals surface area contributed by atoms with Gasteiger partial charge < -0.3 is 14.7 Å². The first-order valence-corrected chi connectivity index (χ1v) is 10.9. The van der Waals surface area contributed by atoms with Crippen molar-refractivity contribution in [3.63, 3.8) is 0 Å². The van der Waals surface area contributed by atoms with E-state index in [1.54, 1.807) is 0 Å². The van der Waals surface area contributed by atoms with Crippen molar-refractivity contribution in [3.05, 3.63) is 0 Å². The number of carbonyl (C=O) groups excluding carboxylic acids is 1. The minimum Gasteiger partial charge on any atom is -0.342 e. The molecule has 0 aromatic rings. The molecule has 0 unspecified atom stereocenters. The highest BCUT2D eigenvalue weighted by atomic mass is 16.2. The molecule has 2 heterocycles. The molecule has 0 bridgehead atoms. The number of likely N-dealkylation sites (tertiary alicyclic amines) is 2. The van der Waals surface area contributed by atoms with Gasteiger partial charge in [0.05, 0.1) is 0 Å². The van der Waals surface area contributed by atoms with Crippen molar-refractivity contribution in [1.29, 1.82) is 0 Å². The number of piperidine rings is 2. The zero-order chi connectivity index (χ0) is 19.3. The van der Waals surface area contributed by atoms with Crippen LogP contribution in [0.4, 0.5) is 0 Å². The average Bonchev–Trinajstić information content (AvgIpc) is 2.59. The Hall–Kier alpha value is -0.610. The molecule has 0 N–H and O–H groups in total. The molecule has 0 atom stereocenters. The van der Waals surface area contributed by atoms with Crippen molar-refractivity contribution >= 4 is 5.91 Å². The van der Waals surface area contributed by atoms with Crippen LogP contribution in [0.15, 0.2) is 0 Å². The van der Waals surface area contributed by atoms with E-state index < -0.39 is 0 Å². The summed E-state index contributed by atoms with van der Waals surface area (Å²) in [4.78, 5) is 19.6. The predicted octanol–water partition coefficient (Wildman–Crippen LogP) is 3.57. The zero-order valence-corrected chi connectivity index (χ0v) is 18.3. The van der Waals surface area contributed by atoms with Gasteiger partial charge in [0.15, 0.2) is 0 Å². The molecule has 2 aliphatic heterocycles. The van der Waals surface area contributed by atoms with Crippen molar-refractivity contribution in [2.24, 2.45) is 23.2 Å². The van der Waals surface area contributed by atoms with Gasteiger partial charge in [0, 0.05) is 38.1 Å². The molecule has 4 nitrogen and oxygen atoms in total. The number of likely N-dealkylation sites (N-methyl/N-ethyl adjacent to an activating group) is 1. The summed E-state index contributed by atoms with van der Waals surface area (Å²) >= 11 is 0. The van der Waals surface area contributed by atoms with Gasteiger partial charge in [-0.05, 0) is 63.6 Å². The third-order valence-corrected chi connectivity index (χ3v) is 6.49. The van der Waals surface area contributed by atoms with E-state index >= 15 is 0 Å². The standard InChI is InChI=1S/C22H43N3O/c1-18(2)20-9-11-24(12-10-20)16-15-23(6)17-19-7-13-25(14-8-19)21(26)22(3,4)5/h18-20H,7-17H2,1-6H3. The summed E-state index contributed by atoms with van der Waals surface area (Å²) in [6.07, 6.45) is 5.07. The lowest BCUT2D eigenvalue weighted by molar-refractivity contribution is -0.140. The second-order valence-electron chi connectivity index (χ2n) is 10.2. The van der Waals surface area contributed by atoms with Gasteiger partial charge in [0.2, 0.25) is 5.91 Å². The molecule has 0 saturated carbocycles. The molecule has 0 aromatic carbocycles. The number of hydrogen-bond acceptors (Lipinski definition) is 3. The van der Waals surface area contributed by atoms with E-state index in [2.05, 4.69) is 35.6 Å². The molecule has 26 heavy (non-hydrogen) atoms. The normalized spacial score (nSPS) is 21.8. The highest BCUT2D eigenvalue weighted by Crippen LogP contribution is 2.25. The highest BCUT2D eigenvalue weighted by Gasteiger charge is 2.30. The van der Waals surface area contributed by atoms with Crippen LogP contribution in [0.5, 0.6) is 0 Å². The zero-order valence-electron chi connectivity index (χ0n) is 18.3. The summed E-state index contributed by atoms with van der Waals surface area (Å²) in [5.41, 5.74) is -0.243. The number of nitrogens with zero attached hydrogens (tertiary/aromatic N) is 3. The molecule has 0 radical (unpaired) electrons. The molecular weight excluding hydrogens is 322 g/mol. The number of carbonyl (C=O) groups is 1. The van der Waals surface area contributed by atoms with E-state index in [9.17, 15) is 4.79 Å². The van der Waals surface area contributed by atoms with Gasteiger partial charge in [-0.15, -0.1) is 0 Å². The Balaban J connectivity index is 1.62. The van der Waals surface area contributed by atoms with Crippen LogP contribution in [0, 0.1) is 23.2 Å². The maximum absolute atomic E-state index is 12.4. The minimum atomic E-state index is -0.243. The monoisotopic (exact) mass is 365 g/mol. The Labute approximate surface area is 162 Å². The van der Waals surface area contributed by atoms with Crippen LogP contribution in [0.1, 0.15) is 60.3 Å². The van der Waals surface area contributed by atoms with Crippen LogP contribution in [0.25, 0.3) is 0 Å². The van der Waals surface area contributed by atoms with E-state index in [1.165, 1.54) is 45.6 Å². The average molecular weight is 366 g/mol. The van der Waals surface area contributed by atoms with E-state index in [0.29, 0.717) is 5.91 Å². The summed E-state index contributed by atoms with van der Waals surface area (Å²) in [6.45, 7) is 18.8. The fourth-order valence-electron chi connectivity index (χ4n) is 4.48. The number of amides is 1. The summed E-state index contributed by atoms with van der Waals surface area (Å²) in [6, 6.07) is 0. The van der Waals surface area contributed by atoms with Gasteiger partial charge in [0.1, 0.15) is 0 Å². The quantitative estimate of drug-likeness (QED) is 0.720. The van der Waals surface area contributed by atoms with Gasteiger partial charge in [-0.25, -0.2) is 0 Å². The number of hydrogen-bond donors (Lipinski definition) is 0. The molecule has 152 valence electrons. The van der Waals surface area contributed by atoms with Gasteiger partial charge >= 0.3 is 0 Å².